The molecule has 3 aromatic rings. The fourth-order valence-electron chi connectivity index (χ4n) is 3.86. The lowest BCUT2D eigenvalue weighted by Crippen LogP contribution is -2.31. The number of hydrogen-bond acceptors (Lipinski definition) is 5. The van der Waals surface area contributed by atoms with Gasteiger partial charge in [-0.3, -0.25) is 4.98 Å². The van der Waals surface area contributed by atoms with Gasteiger partial charge < -0.3 is 9.64 Å². The third-order valence-electron chi connectivity index (χ3n) is 5.21. The number of aromatic nitrogens is 3. The SMILES string of the molecule is COc1cc(Br)cc(C)c1-c1ccc2ncc(C3CCCN(C)C3)nc2n1. The maximum atomic E-state index is 5.59. The van der Waals surface area contributed by atoms with Gasteiger partial charge in [0.25, 0.3) is 0 Å². The van der Waals surface area contributed by atoms with Gasteiger partial charge in [-0.2, -0.15) is 0 Å². The highest BCUT2D eigenvalue weighted by atomic mass is 79.9. The topological polar surface area (TPSA) is 51.1 Å². The van der Waals surface area contributed by atoms with Gasteiger partial charge in [0.2, 0.25) is 0 Å². The van der Waals surface area contributed by atoms with Crippen LogP contribution in [-0.2, 0) is 0 Å². The van der Waals surface area contributed by atoms with E-state index < -0.39 is 0 Å². The van der Waals surface area contributed by atoms with Crippen LogP contribution in [0.3, 0.4) is 0 Å². The first-order chi connectivity index (χ1) is 13.0. The van der Waals surface area contributed by atoms with Crippen molar-refractivity contribution < 1.29 is 4.74 Å². The smallest absolute Gasteiger partial charge is 0.179 e. The summed E-state index contributed by atoms with van der Waals surface area (Å²) in [6.45, 7) is 4.25. The lowest BCUT2D eigenvalue weighted by atomic mass is 9.95. The minimum absolute atomic E-state index is 0.426. The van der Waals surface area contributed by atoms with E-state index in [9.17, 15) is 0 Å². The van der Waals surface area contributed by atoms with Crippen LogP contribution >= 0.6 is 15.9 Å². The van der Waals surface area contributed by atoms with Gasteiger partial charge in [0.05, 0.1) is 18.5 Å². The molecule has 0 spiro atoms. The van der Waals surface area contributed by atoms with Crippen LogP contribution in [0.2, 0.25) is 0 Å². The molecule has 0 bridgehead atoms. The van der Waals surface area contributed by atoms with Gasteiger partial charge in [-0.15, -0.1) is 0 Å². The van der Waals surface area contributed by atoms with E-state index in [1.807, 2.05) is 24.4 Å². The Balaban J connectivity index is 1.78. The van der Waals surface area contributed by atoms with Crippen molar-refractivity contribution in [3.63, 3.8) is 0 Å². The predicted molar refractivity (Wildman–Crippen MR) is 111 cm³/mol. The van der Waals surface area contributed by atoms with E-state index in [1.54, 1.807) is 7.11 Å². The van der Waals surface area contributed by atoms with Crippen molar-refractivity contribution in [3.8, 4) is 17.0 Å². The summed E-state index contributed by atoms with van der Waals surface area (Å²) in [4.78, 5) is 16.7. The van der Waals surface area contributed by atoms with Crippen LogP contribution in [0.15, 0.2) is 34.9 Å². The second-order valence-electron chi connectivity index (χ2n) is 7.24. The summed E-state index contributed by atoms with van der Waals surface area (Å²) in [7, 11) is 3.85. The highest BCUT2D eigenvalue weighted by Crippen LogP contribution is 2.35. The molecule has 1 atom stereocenters. The number of likely N-dealkylation sites (tertiary alicyclic amines) is 1. The van der Waals surface area contributed by atoms with Crippen molar-refractivity contribution in [2.75, 3.05) is 27.2 Å². The van der Waals surface area contributed by atoms with Gasteiger partial charge in [0.15, 0.2) is 5.65 Å². The first kappa shape index (κ1) is 18.3. The summed E-state index contributed by atoms with van der Waals surface area (Å²) < 4.78 is 6.58. The maximum Gasteiger partial charge on any atom is 0.179 e. The lowest BCUT2D eigenvalue weighted by Gasteiger charge is -2.29. The first-order valence-corrected chi connectivity index (χ1v) is 10.0. The molecule has 140 valence electrons. The maximum absolute atomic E-state index is 5.59. The fraction of sp³-hybridized carbons (Fsp3) is 0.381. The molecule has 1 unspecified atom stereocenters. The summed E-state index contributed by atoms with van der Waals surface area (Å²) in [6, 6.07) is 8.02. The van der Waals surface area contributed by atoms with Crippen molar-refractivity contribution in [1.29, 1.82) is 0 Å². The zero-order chi connectivity index (χ0) is 19.0. The molecule has 0 saturated carbocycles. The quantitative estimate of drug-likeness (QED) is 0.613. The second kappa shape index (κ2) is 7.52. The monoisotopic (exact) mass is 426 g/mol. The van der Waals surface area contributed by atoms with Crippen LogP contribution in [0, 0.1) is 6.92 Å². The van der Waals surface area contributed by atoms with Gasteiger partial charge in [0.1, 0.15) is 11.3 Å². The zero-order valence-corrected chi connectivity index (χ0v) is 17.5. The van der Waals surface area contributed by atoms with E-state index in [1.165, 1.54) is 6.42 Å². The van der Waals surface area contributed by atoms with Crippen LogP contribution in [0.5, 0.6) is 5.75 Å². The van der Waals surface area contributed by atoms with Crippen LogP contribution in [0.4, 0.5) is 0 Å². The molecule has 4 rings (SSSR count). The number of aryl methyl sites for hydroxylation is 1. The number of ether oxygens (including phenoxy) is 1. The molecule has 1 aliphatic heterocycles. The number of nitrogens with zero attached hydrogens (tertiary/aromatic N) is 4. The Hall–Kier alpha value is -2.05. The zero-order valence-electron chi connectivity index (χ0n) is 15.9. The minimum Gasteiger partial charge on any atom is -0.496 e. The molecule has 1 aliphatic rings. The molecular formula is C21H23BrN4O. The van der Waals surface area contributed by atoms with E-state index in [2.05, 4.69) is 45.9 Å². The number of rotatable bonds is 3. The van der Waals surface area contributed by atoms with Crippen LogP contribution in [0.25, 0.3) is 22.4 Å². The molecule has 0 radical (unpaired) electrons. The Morgan fingerprint density at radius 3 is 2.85 bits per heavy atom. The van der Waals surface area contributed by atoms with Crippen molar-refractivity contribution >= 4 is 27.1 Å². The number of hydrogen-bond donors (Lipinski definition) is 0. The van der Waals surface area contributed by atoms with Gasteiger partial charge in [-0.1, -0.05) is 15.9 Å². The fourth-order valence-corrected chi connectivity index (χ4v) is 4.41. The Morgan fingerprint density at radius 2 is 2.07 bits per heavy atom. The largest absolute Gasteiger partial charge is 0.496 e. The highest BCUT2D eigenvalue weighted by Gasteiger charge is 2.21. The number of methoxy groups -OCH3 is 1. The normalized spacial score (nSPS) is 18.0. The third kappa shape index (κ3) is 3.69. The van der Waals surface area contributed by atoms with Crippen molar-refractivity contribution in [2.45, 2.75) is 25.7 Å². The molecule has 1 aromatic carbocycles. The number of halogens is 1. The van der Waals surface area contributed by atoms with E-state index in [4.69, 9.17) is 14.7 Å². The molecule has 27 heavy (non-hydrogen) atoms. The molecule has 3 heterocycles. The standard InChI is InChI=1S/C21H23BrN4O/c1-13-9-15(22)10-19(27-3)20(13)16-6-7-17-21(24-16)25-18(11-23-17)14-5-4-8-26(2)12-14/h6-7,9-11,14H,4-5,8,12H2,1-3H3. The molecule has 0 amide bonds. The number of fused-ring (bicyclic) bond motifs is 1. The minimum atomic E-state index is 0.426. The van der Waals surface area contributed by atoms with Crippen molar-refractivity contribution in [2.24, 2.45) is 0 Å². The molecule has 0 aliphatic carbocycles. The van der Waals surface area contributed by atoms with E-state index in [0.717, 1.165) is 57.8 Å². The molecule has 6 heteroatoms. The van der Waals surface area contributed by atoms with Crippen LogP contribution < -0.4 is 4.74 Å². The highest BCUT2D eigenvalue weighted by molar-refractivity contribution is 9.10. The summed E-state index contributed by atoms with van der Waals surface area (Å²) in [5.41, 5.74) is 5.51. The molecule has 1 saturated heterocycles. The van der Waals surface area contributed by atoms with Gasteiger partial charge in [-0.25, -0.2) is 9.97 Å². The first-order valence-electron chi connectivity index (χ1n) is 9.22. The van der Waals surface area contributed by atoms with E-state index in [-0.39, 0.29) is 0 Å². The van der Waals surface area contributed by atoms with Crippen LogP contribution in [0.1, 0.15) is 30.0 Å². The molecule has 2 aromatic heterocycles. The number of pyridine rings is 1. The average molecular weight is 427 g/mol. The van der Waals surface area contributed by atoms with Crippen molar-refractivity contribution in [1.82, 2.24) is 19.9 Å². The summed E-state index contributed by atoms with van der Waals surface area (Å²) in [5.74, 6) is 1.22. The number of benzene rings is 1. The molecule has 0 N–H and O–H groups in total. The van der Waals surface area contributed by atoms with Crippen LogP contribution in [-0.4, -0.2) is 47.1 Å². The number of likely N-dealkylation sites (N-methyl/N-ethyl adjacent to an activating group) is 1. The van der Waals surface area contributed by atoms with Gasteiger partial charge >= 0.3 is 0 Å². The Morgan fingerprint density at radius 1 is 1.22 bits per heavy atom. The Kier molecular flexibility index (Phi) is 5.10. The second-order valence-corrected chi connectivity index (χ2v) is 8.15. The Bertz CT molecular complexity index is 991. The van der Waals surface area contributed by atoms with Gasteiger partial charge in [0, 0.05) is 28.7 Å². The summed E-state index contributed by atoms with van der Waals surface area (Å²) in [5, 5.41) is 0. The van der Waals surface area contributed by atoms with E-state index in [0.29, 0.717) is 11.6 Å². The average Bonchev–Trinajstić information content (AvgIpc) is 2.66. The summed E-state index contributed by atoms with van der Waals surface area (Å²) >= 11 is 3.53. The number of piperidine rings is 1. The predicted octanol–water partition coefficient (Wildman–Crippen LogP) is 4.58. The molecule has 5 nitrogen and oxygen atoms in total. The van der Waals surface area contributed by atoms with Crippen molar-refractivity contribution in [3.05, 3.63) is 46.2 Å². The van der Waals surface area contributed by atoms with E-state index >= 15 is 0 Å². The van der Waals surface area contributed by atoms with Gasteiger partial charge in [-0.05, 0) is 63.2 Å². The third-order valence-corrected chi connectivity index (χ3v) is 5.67. The molecule has 1 fully saturated rings. The molecular weight excluding hydrogens is 404 g/mol. The Labute approximate surface area is 167 Å². The summed E-state index contributed by atoms with van der Waals surface area (Å²) in [6.07, 6.45) is 4.27. The lowest BCUT2D eigenvalue weighted by molar-refractivity contribution is 0.248.